The van der Waals surface area contributed by atoms with Gasteiger partial charge in [0.15, 0.2) is 0 Å². The number of hydrogen-bond acceptors (Lipinski definition) is 4. The second-order valence-electron chi connectivity index (χ2n) is 2.07. The SMILES string of the molecule is Nc1ccc(COCO)cn1. The Labute approximate surface area is 64.6 Å². The first-order valence-electron chi connectivity index (χ1n) is 3.22. The van der Waals surface area contributed by atoms with Crippen LogP contribution >= 0.6 is 0 Å². The van der Waals surface area contributed by atoms with E-state index >= 15 is 0 Å². The summed E-state index contributed by atoms with van der Waals surface area (Å²) in [5.74, 6) is 0.484. The Morgan fingerprint density at radius 1 is 1.55 bits per heavy atom. The van der Waals surface area contributed by atoms with Gasteiger partial charge in [-0.3, -0.25) is 0 Å². The molecule has 1 rings (SSSR count). The molecular weight excluding hydrogens is 144 g/mol. The molecule has 1 aromatic heterocycles. The average Bonchev–Trinajstić information content (AvgIpc) is 2.04. The number of aliphatic hydroxyl groups is 1. The lowest BCUT2D eigenvalue weighted by molar-refractivity contribution is -0.0113. The number of aliphatic hydroxyl groups excluding tert-OH is 1. The molecule has 3 N–H and O–H groups in total. The van der Waals surface area contributed by atoms with Gasteiger partial charge in [-0.15, -0.1) is 0 Å². The summed E-state index contributed by atoms with van der Waals surface area (Å²) in [5, 5.41) is 8.31. The summed E-state index contributed by atoms with van der Waals surface area (Å²) in [6, 6.07) is 3.49. The number of nitrogens with two attached hydrogens (primary N) is 1. The van der Waals surface area contributed by atoms with Crippen molar-refractivity contribution in [2.45, 2.75) is 6.61 Å². The van der Waals surface area contributed by atoms with Crippen molar-refractivity contribution in [2.75, 3.05) is 12.5 Å². The number of pyridine rings is 1. The van der Waals surface area contributed by atoms with Gasteiger partial charge < -0.3 is 15.6 Å². The fraction of sp³-hybridized carbons (Fsp3) is 0.286. The first-order chi connectivity index (χ1) is 5.33. The zero-order chi connectivity index (χ0) is 8.10. The maximum atomic E-state index is 8.31. The normalized spacial score (nSPS) is 9.91. The zero-order valence-electron chi connectivity index (χ0n) is 6.03. The van der Waals surface area contributed by atoms with Gasteiger partial charge in [0, 0.05) is 6.20 Å². The van der Waals surface area contributed by atoms with Gasteiger partial charge in [0.2, 0.25) is 0 Å². The number of nitrogen functional groups attached to an aromatic ring is 1. The lowest BCUT2D eigenvalue weighted by Crippen LogP contribution is -1.95. The number of aromatic nitrogens is 1. The molecule has 0 unspecified atom stereocenters. The van der Waals surface area contributed by atoms with Crippen molar-refractivity contribution < 1.29 is 9.84 Å². The van der Waals surface area contributed by atoms with Crippen LogP contribution in [-0.2, 0) is 11.3 Å². The van der Waals surface area contributed by atoms with E-state index in [4.69, 9.17) is 15.6 Å². The maximum absolute atomic E-state index is 8.31. The summed E-state index contributed by atoms with van der Waals surface area (Å²) in [6.07, 6.45) is 1.62. The third kappa shape index (κ3) is 2.53. The zero-order valence-corrected chi connectivity index (χ0v) is 6.03. The molecule has 0 saturated carbocycles. The quantitative estimate of drug-likeness (QED) is 0.607. The van der Waals surface area contributed by atoms with Crippen LogP contribution in [-0.4, -0.2) is 16.9 Å². The Hall–Kier alpha value is -1.13. The van der Waals surface area contributed by atoms with Gasteiger partial charge in [-0.2, -0.15) is 0 Å². The molecule has 1 heterocycles. The van der Waals surface area contributed by atoms with Gasteiger partial charge in [0.25, 0.3) is 0 Å². The predicted octanol–water partition coefficient (Wildman–Crippen LogP) is 0.130. The van der Waals surface area contributed by atoms with Gasteiger partial charge >= 0.3 is 0 Å². The van der Waals surface area contributed by atoms with E-state index in [1.54, 1.807) is 18.3 Å². The minimum absolute atomic E-state index is 0.273. The van der Waals surface area contributed by atoms with Crippen LogP contribution in [0.4, 0.5) is 5.82 Å². The molecule has 1 aromatic rings. The molecule has 0 aliphatic rings. The topological polar surface area (TPSA) is 68.4 Å². The second kappa shape index (κ2) is 3.90. The van der Waals surface area contributed by atoms with Gasteiger partial charge in [-0.1, -0.05) is 6.07 Å². The Morgan fingerprint density at radius 2 is 2.36 bits per heavy atom. The van der Waals surface area contributed by atoms with E-state index in [1.807, 2.05) is 0 Å². The first kappa shape index (κ1) is 7.97. The number of anilines is 1. The van der Waals surface area contributed by atoms with E-state index in [-0.39, 0.29) is 6.79 Å². The summed E-state index contributed by atoms with van der Waals surface area (Å²) in [4.78, 5) is 3.85. The van der Waals surface area contributed by atoms with E-state index in [9.17, 15) is 0 Å². The van der Waals surface area contributed by atoms with Crippen LogP contribution in [0.1, 0.15) is 5.56 Å². The molecule has 0 spiro atoms. The van der Waals surface area contributed by atoms with E-state index in [1.165, 1.54) is 0 Å². The molecule has 11 heavy (non-hydrogen) atoms. The monoisotopic (exact) mass is 154 g/mol. The molecule has 0 bridgehead atoms. The molecule has 4 nitrogen and oxygen atoms in total. The van der Waals surface area contributed by atoms with Crippen molar-refractivity contribution >= 4 is 5.82 Å². The third-order valence-electron chi connectivity index (χ3n) is 1.21. The number of nitrogens with zero attached hydrogens (tertiary/aromatic N) is 1. The molecular formula is C7H10N2O2. The highest BCUT2D eigenvalue weighted by Crippen LogP contribution is 2.01. The van der Waals surface area contributed by atoms with Crippen molar-refractivity contribution in [3.63, 3.8) is 0 Å². The number of ether oxygens (including phenoxy) is 1. The van der Waals surface area contributed by atoms with Gasteiger partial charge in [-0.25, -0.2) is 4.98 Å². The minimum Gasteiger partial charge on any atom is -0.384 e. The van der Waals surface area contributed by atoms with Crippen molar-refractivity contribution in [2.24, 2.45) is 0 Å². The summed E-state index contributed by atoms with van der Waals surface area (Å²) in [6.45, 7) is 0.0914. The molecule has 0 saturated heterocycles. The second-order valence-corrected chi connectivity index (χ2v) is 2.07. The van der Waals surface area contributed by atoms with E-state index < -0.39 is 0 Å². The van der Waals surface area contributed by atoms with E-state index in [0.29, 0.717) is 12.4 Å². The smallest absolute Gasteiger partial charge is 0.144 e. The summed E-state index contributed by atoms with van der Waals surface area (Å²) < 4.78 is 4.73. The Balaban J connectivity index is 2.52. The Morgan fingerprint density at radius 3 is 2.91 bits per heavy atom. The molecule has 0 aromatic carbocycles. The number of hydrogen-bond donors (Lipinski definition) is 2. The molecule has 0 amide bonds. The summed E-state index contributed by atoms with van der Waals surface area (Å²) in [7, 11) is 0. The van der Waals surface area contributed by atoms with Crippen molar-refractivity contribution in [3.05, 3.63) is 23.9 Å². The van der Waals surface area contributed by atoms with E-state index in [0.717, 1.165) is 5.56 Å². The van der Waals surface area contributed by atoms with Crippen LogP contribution < -0.4 is 5.73 Å². The highest BCUT2D eigenvalue weighted by atomic mass is 16.6. The van der Waals surface area contributed by atoms with E-state index in [2.05, 4.69) is 4.98 Å². The molecule has 4 heteroatoms. The summed E-state index contributed by atoms with van der Waals surface area (Å²) >= 11 is 0. The van der Waals surface area contributed by atoms with Crippen LogP contribution in [0.3, 0.4) is 0 Å². The third-order valence-corrected chi connectivity index (χ3v) is 1.21. The van der Waals surface area contributed by atoms with Gasteiger partial charge in [0.05, 0.1) is 6.61 Å². The molecule has 0 fully saturated rings. The first-order valence-corrected chi connectivity index (χ1v) is 3.22. The lowest BCUT2D eigenvalue weighted by atomic mass is 10.3. The van der Waals surface area contributed by atoms with Crippen LogP contribution in [0.5, 0.6) is 0 Å². The Kier molecular flexibility index (Phi) is 2.83. The van der Waals surface area contributed by atoms with Gasteiger partial charge in [-0.05, 0) is 11.6 Å². The predicted molar refractivity (Wildman–Crippen MR) is 40.5 cm³/mol. The molecule has 0 aliphatic heterocycles. The summed E-state index contributed by atoms with van der Waals surface area (Å²) in [5.41, 5.74) is 6.25. The Bertz CT molecular complexity index is 210. The van der Waals surface area contributed by atoms with Crippen molar-refractivity contribution in [3.8, 4) is 0 Å². The molecule has 0 radical (unpaired) electrons. The molecule has 60 valence electrons. The highest BCUT2D eigenvalue weighted by molar-refractivity contribution is 5.28. The molecule has 0 atom stereocenters. The van der Waals surface area contributed by atoms with Crippen LogP contribution in [0.2, 0.25) is 0 Å². The fourth-order valence-electron chi connectivity index (χ4n) is 0.685. The van der Waals surface area contributed by atoms with Crippen LogP contribution in [0, 0.1) is 0 Å². The lowest BCUT2D eigenvalue weighted by Gasteiger charge is -1.99. The van der Waals surface area contributed by atoms with Crippen LogP contribution in [0.25, 0.3) is 0 Å². The van der Waals surface area contributed by atoms with Crippen molar-refractivity contribution in [1.82, 2.24) is 4.98 Å². The maximum Gasteiger partial charge on any atom is 0.144 e. The van der Waals surface area contributed by atoms with Crippen molar-refractivity contribution in [1.29, 1.82) is 0 Å². The van der Waals surface area contributed by atoms with Gasteiger partial charge in [0.1, 0.15) is 12.6 Å². The fourth-order valence-corrected chi connectivity index (χ4v) is 0.685. The highest BCUT2D eigenvalue weighted by Gasteiger charge is 1.91. The minimum atomic E-state index is -0.273. The van der Waals surface area contributed by atoms with Crippen LogP contribution in [0.15, 0.2) is 18.3 Å². The standard InChI is InChI=1S/C7H10N2O2/c8-7-2-1-6(3-9-7)4-11-5-10/h1-3,10H,4-5H2,(H2,8,9). The average molecular weight is 154 g/mol. The largest absolute Gasteiger partial charge is 0.384 e. The molecule has 0 aliphatic carbocycles. The number of rotatable bonds is 3.